The predicted molar refractivity (Wildman–Crippen MR) is 131 cm³/mol. The summed E-state index contributed by atoms with van der Waals surface area (Å²) in [4.78, 5) is 0. The number of hydrogen-bond acceptors (Lipinski definition) is 1. The Labute approximate surface area is 184 Å². The van der Waals surface area contributed by atoms with Crippen LogP contribution in [0.3, 0.4) is 0 Å². The predicted octanol–water partition coefficient (Wildman–Crippen LogP) is 7.63. The highest BCUT2D eigenvalue weighted by atomic mass is 14.9. The first kappa shape index (κ1) is 19.1. The van der Waals surface area contributed by atoms with Gasteiger partial charge in [-0.2, -0.15) is 0 Å². The van der Waals surface area contributed by atoms with Gasteiger partial charge in [-0.3, -0.25) is 0 Å². The molecule has 1 atom stereocenters. The summed E-state index contributed by atoms with van der Waals surface area (Å²) in [7, 11) is 0. The van der Waals surface area contributed by atoms with Gasteiger partial charge >= 0.3 is 0 Å². The zero-order valence-corrected chi connectivity index (χ0v) is 17.3. The SMILES string of the molecule is C1=CC(c2ccccc2)C(Nc2ccc(-c3ccccc3)cc2)=C[C]1c1ccccc1. The van der Waals surface area contributed by atoms with Crippen LogP contribution in [0.15, 0.2) is 139 Å². The average Bonchev–Trinajstić information content (AvgIpc) is 2.86. The smallest absolute Gasteiger partial charge is 0.0499 e. The van der Waals surface area contributed by atoms with E-state index in [0.717, 1.165) is 5.69 Å². The van der Waals surface area contributed by atoms with Crippen molar-refractivity contribution in [1.82, 2.24) is 0 Å². The first-order chi connectivity index (χ1) is 15.4. The molecule has 1 radical (unpaired) electrons. The van der Waals surface area contributed by atoms with Crippen molar-refractivity contribution in [2.75, 3.05) is 5.32 Å². The van der Waals surface area contributed by atoms with Crippen molar-refractivity contribution in [2.45, 2.75) is 5.92 Å². The quantitative estimate of drug-likeness (QED) is 0.364. The molecule has 0 bridgehead atoms. The third-order valence-electron chi connectivity index (χ3n) is 5.66. The number of benzene rings is 4. The van der Waals surface area contributed by atoms with E-state index in [9.17, 15) is 0 Å². The topological polar surface area (TPSA) is 12.0 Å². The molecule has 5 rings (SSSR count). The molecule has 0 aliphatic heterocycles. The summed E-state index contributed by atoms with van der Waals surface area (Å²) >= 11 is 0. The van der Waals surface area contributed by atoms with Gasteiger partial charge in [-0.05, 0) is 40.5 Å². The third-order valence-corrected chi connectivity index (χ3v) is 5.66. The Morgan fingerprint density at radius 1 is 0.516 bits per heavy atom. The number of rotatable bonds is 5. The number of nitrogens with one attached hydrogen (secondary N) is 1. The zero-order valence-electron chi connectivity index (χ0n) is 17.3. The first-order valence-corrected chi connectivity index (χ1v) is 10.7. The molecular formula is C30H24N. The van der Waals surface area contributed by atoms with Crippen LogP contribution in [0, 0.1) is 5.92 Å². The highest BCUT2D eigenvalue weighted by molar-refractivity contribution is 5.67. The van der Waals surface area contributed by atoms with Crippen LogP contribution in [0.25, 0.3) is 11.1 Å². The summed E-state index contributed by atoms with van der Waals surface area (Å²) in [5.74, 6) is 1.42. The fourth-order valence-corrected chi connectivity index (χ4v) is 4.03. The molecule has 1 nitrogen and oxygen atoms in total. The van der Waals surface area contributed by atoms with Crippen LogP contribution in [0.4, 0.5) is 5.69 Å². The monoisotopic (exact) mass is 398 g/mol. The Bertz CT molecular complexity index is 1170. The molecule has 1 heteroatoms. The first-order valence-electron chi connectivity index (χ1n) is 10.7. The lowest BCUT2D eigenvalue weighted by molar-refractivity contribution is 0.965. The minimum absolute atomic E-state index is 0.197. The summed E-state index contributed by atoms with van der Waals surface area (Å²) in [6.07, 6.45) is 6.80. The fraction of sp³-hybridized carbons (Fsp3) is 0.0333. The maximum atomic E-state index is 3.70. The zero-order chi connectivity index (χ0) is 20.9. The van der Waals surface area contributed by atoms with E-state index < -0.39 is 0 Å². The van der Waals surface area contributed by atoms with Gasteiger partial charge in [-0.1, -0.05) is 115 Å². The van der Waals surface area contributed by atoms with Crippen LogP contribution in [0.1, 0.15) is 17.0 Å². The summed E-state index contributed by atoms with van der Waals surface area (Å²) in [5, 5.41) is 3.70. The molecule has 31 heavy (non-hydrogen) atoms. The highest BCUT2D eigenvalue weighted by Crippen LogP contribution is 2.35. The largest absolute Gasteiger partial charge is 0.358 e. The lowest BCUT2D eigenvalue weighted by atomic mass is 9.85. The van der Waals surface area contributed by atoms with E-state index in [0.29, 0.717) is 0 Å². The Hall–Kier alpha value is -3.84. The molecule has 0 saturated carbocycles. The van der Waals surface area contributed by atoms with Gasteiger partial charge in [0, 0.05) is 23.2 Å². The molecule has 1 aliphatic rings. The molecule has 4 aromatic rings. The minimum atomic E-state index is 0.197. The molecule has 1 N–H and O–H groups in total. The maximum Gasteiger partial charge on any atom is 0.0499 e. The van der Waals surface area contributed by atoms with Gasteiger partial charge in [-0.25, -0.2) is 0 Å². The number of hydrogen-bond donors (Lipinski definition) is 1. The second-order valence-electron chi connectivity index (χ2n) is 7.74. The summed E-state index contributed by atoms with van der Waals surface area (Å²) in [6.45, 7) is 0. The third kappa shape index (κ3) is 4.36. The molecule has 149 valence electrons. The van der Waals surface area contributed by atoms with Crippen molar-refractivity contribution in [1.29, 1.82) is 0 Å². The lowest BCUT2D eigenvalue weighted by Gasteiger charge is -2.26. The van der Waals surface area contributed by atoms with Gasteiger partial charge in [0.1, 0.15) is 0 Å². The van der Waals surface area contributed by atoms with Gasteiger partial charge in [0.15, 0.2) is 0 Å². The second-order valence-corrected chi connectivity index (χ2v) is 7.74. The van der Waals surface area contributed by atoms with E-state index >= 15 is 0 Å². The van der Waals surface area contributed by atoms with E-state index in [2.05, 4.69) is 133 Å². The van der Waals surface area contributed by atoms with E-state index in [4.69, 9.17) is 0 Å². The standard InChI is InChI=1S/C30H24N/c1-4-10-23(11-5-1)25-16-19-28(20-17-25)31-30-22-27(24-12-6-2-7-13-24)18-21-29(30)26-14-8-3-9-15-26/h1-22,29,31H. The van der Waals surface area contributed by atoms with Crippen LogP contribution < -0.4 is 5.32 Å². The van der Waals surface area contributed by atoms with Crippen LogP contribution in [0.2, 0.25) is 0 Å². The average molecular weight is 399 g/mol. The molecule has 0 aromatic heterocycles. The summed E-state index contributed by atoms with van der Waals surface area (Å²) in [5.41, 5.74) is 7.24. The molecule has 0 fully saturated rings. The Balaban J connectivity index is 1.45. The molecule has 0 spiro atoms. The van der Waals surface area contributed by atoms with Crippen molar-refractivity contribution >= 4 is 5.69 Å². The molecule has 0 saturated heterocycles. The highest BCUT2D eigenvalue weighted by Gasteiger charge is 2.21. The lowest BCUT2D eigenvalue weighted by Crippen LogP contribution is -2.14. The van der Waals surface area contributed by atoms with Crippen LogP contribution in [0.5, 0.6) is 0 Å². The van der Waals surface area contributed by atoms with E-state index in [-0.39, 0.29) is 5.92 Å². The Kier molecular flexibility index (Phi) is 5.49. The molecule has 0 amide bonds. The van der Waals surface area contributed by atoms with Crippen LogP contribution >= 0.6 is 0 Å². The van der Waals surface area contributed by atoms with Gasteiger partial charge in [0.25, 0.3) is 0 Å². The molecule has 4 aromatic carbocycles. The van der Waals surface area contributed by atoms with E-state index in [1.807, 2.05) is 6.07 Å². The van der Waals surface area contributed by atoms with Gasteiger partial charge < -0.3 is 5.32 Å². The van der Waals surface area contributed by atoms with Gasteiger partial charge in [0.05, 0.1) is 0 Å². The number of allylic oxidation sites excluding steroid dienone is 3. The van der Waals surface area contributed by atoms with Gasteiger partial charge in [0.2, 0.25) is 0 Å². The van der Waals surface area contributed by atoms with Gasteiger partial charge in [-0.15, -0.1) is 0 Å². The summed E-state index contributed by atoms with van der Waals surface area (Å²) < 4.78 is 0. The van der Waals surface area contributed by atoms with Crippen molar-refractivity contribution in [3.05, 3.63) is 156 Å². The normalized spacial score (nSPS) is 16.0. The fourth-order valence-electron chi connectivity index (χ4n) is 4.03. The van der Waals surface area contributed by atoms with Crippen LogP contribution in [-0.4, -0.2) is 0 Å². The van der Waals surface area contributed by atoms with Crippen molar-refractivity contribution in [2.24, 2.45) is 0 Å². The minimum Gasteiger partial charge on any atom is -0.358 e. The Morgan fingerprint density at radius 3 is 1.71 bits per heavy atom. The second kappa shape index (κ2) is 8.89. The molecule has 1 unspecified atom stereocenters. The van der Waals surface area contributed by atoms with Crippen molar-refractivity contribution in [3.63, 3.8) is 0 Å². The Morgan fingerprint density at radius 2 is 1.06 bits per heavy atom. The number of anilines is 1. The molecule has 1 aliphatic carbocycles. The summed E-state index contributed by atoms with van der Waals surface area (Å²) in [6, 6.07) is 40.4. The molecule has 0 heterocycles. The van der Waals surface area contributed by atoms with Crippen molar-refractivity contribution in [3.8, 4) is 11.1 Å². The maximum absolute atomic E-state index is 3.70. The van der Waals surface area contributed by atoms with E-state index in [1.54, 1.807) is 0 Å². The molecular weight excluding hydrogens is 374 g/mol. The van der Waals surface area contributed by atoms with Crippen LogP contribution in [-0.2, 0) is 0 Å². The van der Waals surface area contributed by atoms with Crippen molar-refractivity contribution < 1.29 is 0 Å². The van der Waals surface area contributed by atoms with E-state index in [1.165, 1.54) is 33.9 Å².